The zero-order valence-corrected chi connectivity index (χ0v) is 13.2. The Balaban J connectivity index is 1.98. The Hall–Kier alpha value is -2.26. The van der Waals surface area contributed by atoms with Crippen LogP contribution in [0.5, 0.6) is 5.75 Å². The molecule has 1 heterocycles. The first-order valence-electron chi connectivity index (χ1n) is 7.72. The summed E-state index contributed by atoms with van der Waals surface area (Å²) in [6.45, 7) is 6.26. The molecule has 0 unspecified atom stereocenters. The Morgan fingerprint density at radius 3 is 2.59 bits per heavy atom. The Morgan fingerprint density at radius 2 is 1.86 bits per heavy atom. The minimum Gasteiger partial charge on any atom is -0.489 e. The Kier molecular flexibility index (Phi) is 4.16. The summed E-state index contributed by atoms with van der Waals surface area (Å²) in [5, 5.41) is 1.24. The monoisotopic (exact) mass is 294 g/mol. The first-order valence-corrected chi connectivity index (χ1v) is 7.72. The summed E-state index contributed by atoms with van der Waals surface area (Å²) in [5.74, 6) is 0.935. The van der Waals surface area contributed by atoms with Gasteiger partial charge in [0.05, 0.1) is 0 Å². The number of nitrogens with two attached hydrogens (primary N) is 1. The van der Waals surface area contributed by atoms with Gasteiger partial charge in [0.2, 0.25) is 0 Å². The van der Waals surface area contributed by atoms with E-state index in [1.165, 1.54) is 22.0 Å². The standard InChI is InChI=1S/C19H22N2O/c1-3-21-12-16(13-22-18-10-5-4-7-14(18)2)19-15(11-20)8-6-9-17(19)21/h4-10,12H,3,11,13,20H2,1-2H3. The van der Waals surface area contributed by atoms with E-state index in [0.29, 0.717) is 13.2 Å². The van der Waals surface area contributed by atoms with Crippen LogP contribution in [0.4, 0.5) is 0 Å². The third-order valence-electron chi connectivity index (χ3n) is 4.11. The lowest BCUT2D eigenvalue weighted by atomic mass is 10.1. The molecule has 3 rings (SSSR count). The fourth-order valence-electron chi connectivity index (χ4n) is 2.93. The van der Waals surface area contributed by atoms with Crippen molar-refractivity contribution in [3.05, 3.63) is 65.4 Å². The smallest absolute Gasteiger partial charge is 0.122 e. The SMILES string of the molecule is CCn1cc(COc2ccccc2C)c2c(CN)cccc21. The van der Waals surface area contributed by atoms with Crippen LogP contribution < -0.4 is 10.5 Å². The summed E-state index contributed by atoms with van der Waals surface area (Å²) in [6, 6.07) is 14.4. The van der Waals surface area contributed by atoms with Crippen LogP contribution in [0.3, 0.4) is 0 Å². The zero-order valence-electron chi connectivity index (χ0n) is 13.2. The summed E-state index contributed by atoms with van der Waals surface area (Å²) in [7, 11) is 0. The molecular formula is C19H22N2O. The van der Waals surface area contributed by atoms with E-state index in [9.17, 15) is 0 Å². The molecule has 3 aromatic rings. The largest absolute Gasteiger partial charge is 0.489 e. The van der Waals surface area contributed by atoms with Crippen LogP contribution in [0.2, 0.25) is 0 Å². The van der Waals surface area contributed by atoms with Crippen LogP contribution in [0.1, 0.15) is 23.6 Å². The molecule has 0 saturated carbocycles. The van der Waals surface area contributed by atoms with Gasteiger partial charge in [-0.05, 0) is 37.1 Å². The molecule has 2 aromatic carbocycles. The predicted octanol–water partition coefficient (Wildman–Crippen LogP) is 4.01. The molecule has 3 heteroatoms. The highest BCUT2D eigenvalue weighted by Gasteiger charge is 2.12. The van der Waals surface area contributed by atoms with Gasteiger partial charge in [-0.2, -0.15) is 0 Å². The maximum absolute atomic E-state index is 6.03. The Morgan fingerprint density at radius 1 is 1.05 bits per heavy atom. The second kappa shape index (κ2) is 6.24. The molecule has 0 aliphatic carbocycles. The Bertz CT molecular complexity index is 789. The number of rotatable bonds is 5. The molecule has 0 radical (unpaired) electrons. The van der Waals surface area contributed by atoms with Gasteiger partial charge in [-0.3, -0.25) is 0 Å². The number of para-hydroxylation sites is 1. The van der Waals surface area contributed by atoms with Gasteiger partial charge in [-0.1, -0.05) is 30.3 Å². The van der Waals surface area contributed by atoms with Crippen molar-refractivity contribution in [1.82, 2.24) is 4.57 Å². The normalized spacial score (nSPS) is 11.0. The highest BCUT2D eigenvalue weighted by molar-refractivity contribution is 5.87. The van der Waals surface area contributed by atoms with E-state index in [4.69, 9.17) is 10.5 Å². The molecule has 1 aromatic heterocycles. The molecule has 0 bridgehead atoms. The highest BCUT2D eigenvalue weighted by Crippen LogP contribution is 2.27. The van der Waals surface area contributed by atoms with Crippen molar-refractivity contribution in [1.29, 1.82) is 0 Å². The van der Waals surface area contributed by atoms with Crippen LogP contribution in [0.15, 0.2) is 48.7 Å². The summed E-state index contributed by atoms with van der Waals surface area (Å²) >= 11 is 0. The van der Waals surface area contributed by atoms with Gasteiger partial charge < -0.3 is 15.0 Å². The Labute approximate surface area is 131 Å². The molecule has 0 fully saturated rings. The molecule has 0 aliphatic rings. The van der Waals surface area contributed by atoms with E-state index in [1.807, 2.05) is 18.2 Å². The molecule has 22 heavy (non-hydrogen) atoms. The highest BCUT2D eigenvalue weighted by atomic mass is 16.5. The number of fused-ring (bicyclic) bond motifs is 1. The van der Waals surface area contributed by atoms with Gasteiger partial charge >= 0.3 is 0 Å². The number of ether oxygens (including phenoxy) is 1. The second-order valence-electron chi connectivity index (χ2n) is 5.51. The molecule has 0 atom stereocenters. The first-order chi connectivity index (χ1) is 10.7. The predicted molar refractivity (Wildman–Crippen MR) is 91.0 cm³/mol. The fourth-order valence-corrected chi connectivity index (χ4v) is 2.93. The summed E-state index contributed by atoms with van der Waals surface area (Å²) in [5.41, 5.74) is 10.7. The van der Waals surface area contributed by atoms with Crippen LogP contribution in [-0.2, 0) is 19.7 Å². The van der Waals surface area contributed by atoms with Crippen molar-refractivity contribution < 1.29 is 4.74 Å². The summed E-state index contributed by atoms with van der Waals surface area (Å²) in [4.78, 5) is 0. The van der Waals surface area contributed by atoms with Crippen LogP contribution in [-0.4, -0.2) is 4.57 Å². The minimum absolute atomic E-state index is 0.544. The topological polar surface area (TPSA) is 40.2 Å². The molecule has 2 N–H and O–H groups in total. The maximum atomic E-state index is 6.03. The number of aromatic nitrogens is 1. The van der Waals surface area contributed by atoms with Crippen molar-refractivity contribution in [3.8, 4) is 5.75 Å². The lowest BCUT2D eigenvalue weighted by Gasteiger charge is -2.09. The van der Waals surface area contributed by atoms with E-state index < -0.39 is 0 Å². The van der Waals surface area contributed by atoms with Crippen molar-refractivity contribution in [2.75, 3.05) is 0 Å². The third-order valence-corrected chi connectivity index (χ3v) is 4.11. The minimum atomic E-state index is 0.544. The van der Waals surface area contributed by atoms with Crippen molar-refractivity contribution in [3.63, 3.8) is 0 Å². The van der Waals surface area contributed by atoms with E-state index in [-0.39, 0.29) is 0 Å². The van der Waals surface area contributed by atoms with E-state index in [2.05, 4.69) is 48.9 Å². The van der Waals surface area contributed by atoms with Gasteiger partial charge in [0, 0.05) is 35.8 Å². The average Bonchev–Trinajstić information content (AvgIpc) is 2.92. The summed E-state index contributed by atoms with van der Waals surface area (Å²) < 4.78 is 8.29. The van der Waals surface area contributed by atoms with Crippen molar-refractivity contribution >= 4 is 10.9 Å². The zero-order chi connectivity index (χ0) is 15.5. The lowest BCUT2D eigenvalue weighted by molar-refractivity contribution is 0.305. The van der Waals surface area contributed by atoms with Gasteiger partial charge in [0.15, 0.2) is 0 Å². The molecule has 114 valence electrons. The molecule has 0 saturated heterocycles. The number of hydrogen-bond donors (Lipinski definition) is 1. The van der Waals surface area contributed by atoms with Crippen LogP contribution >= 0.6 is 0 Å². The number of benzene rings is 2. The molecule has 0 spiro atoms. The van der Waals surface area contributed by atoms with Crippen molar-refractivity contribution in [2.24, 2.45) is 5.73 Å². The van der Waals surface area contributed by atoms with Crippen molar-refractivity contribution in [2.45, 2.75) is 33.5 Å². The molecular weight excluding hydrogens is 272 g/mol. The summed E-state index contributed by atoms with van der Waals surface area (Å²) in [6.07, 6.45) is 2.18. The average molecular weight is 294 g/mol. The number of aryl methyl sites for hydroxylation is 2. The first kappa shape index (κ1) is 14.7. The van der Waals surface area contributed by atoms with Crippen LogP contribution in [0, 0.1) is 6.92 Å². The second-order valence-corrected chi connectivity index (χ2v) is 5.51. The van der Waals surface area contributed by atoms with Gasteiger partial charge in [0.1, 0.15) is 12.4 Å². The van der Waals surface area contributed by atoms with Gasteiger partial charge in [-0.15, -0.1) is 0 Å². The maximum Gasteiger partial charge on any atom is 0.122 e. The van der Waals surface area contributed by atoms with Gasteiger partial charge in [-0.25, -0.2) is 0 Å². The number of nitrogens with zero attached hydrogens (tertiary/aromatic N) is 1. The third kappa shape index (κ3) is 2.60. The number of hydrogen-bond acceptors (Lipinski definition) is 2. The van der Waals surface area contributed by atoms with E-state index >= 15 is 0 Å². The quantitative estimate of drug-likeness (QED) is 0.772. The molecule has 3 nitrogen and oxygen atoms in total. The fraction of sp³-hybridized carbons (Fsp3) is 0.263. The lowest BCUT2D eigenvalue weighted by Crippen LogP contribution is -2.00. The molecule has 0 aliphatic heterocycles. The van der Waals surface area contributed by atoms with E-state index in [1.54, 1.807) is 0 Å². The molecule has 0 amide bonds. The van der Waals surface area contributed by atoms with E-state index in [0.717, 1.165) is 17.9 Å². The van der Waals surface area contributed by atoms with Crippen LogP contribution in [0.25, 0.3) is 10.9 Å². The van der Waals surface area contributed by atoms with Gasteiger partial charge in [0.25, 0.3) is 0 Å².